The van der Waals surface area contributed by atoms with Crippen LogP contribution in [0.1, 0.15) is 32.5 Å². The topological polar surface area (TPSA) is 78.3 Å². The largest absolute Gasteiger partial charge is 0.494 e. The molecule has 0 radical (unpaired) electrons. The molecular formula is C23H25ClN4O3S. The number of nitrogens with zero attached hydrogens (tertiary/aromatic N) is 3. The van der Waals surface area contributed by atoms with E-state index < -0.39 is 0 Å². The molecule has 1 aromatic heterocycles. The lowest BCUT2D eigenvalue weighted by Gasteiger charge is -2.14. The van der Waals surface area contributed by atoms with Crippen molar-refractivity contribution in [2.24, 2.45) is 0 Å². The average molecular weight is 473 g/mol. The Balaban J connectivity index is 1.53. The lowest BCUT2D eigenvalue weighted by atomic mass is 10.3. The molecule has 1 amide bonds. The molecule has 2 aromatic carbocycles. The van der Waals surface area contributed by atoms with E-state index >= 15 is 0 Å². The fourth-order valence-corrected chi connectivity index (χ4v) is 4.05. The summed E-state index contributed by atoms with van der Waals surface area (Å²) >= 11 is 7.44. The second kappa shape index (κ2) is 10.3. The fourth-order valence-electron chi connectivity index (χ4n) is 3.02. The second-order valence-electron chi connectivity index (χ2n) is 7.45. The predicted molar refractivity (Wildman–Crippen MR) is 125 cm³/mol. The number of hydrogen-bond donors (Lipinski definition) is 1. The van der Waals surface area contributed by atoms with Crippen LogP contribution in [0.25, 0.3) is 5.69 Å². The summed E-state index contributed by atoms with van der Waals surface area (Å²) in [5, 5.41) is 12.7. The van der Waals surface area contributed by atoms with Crippen molar-refractivity contribution in [2.45, 2.75) is 49.7 Å². The van der Waals surface area contributed by atoms with Gasteiger partial charge in [0.25, 0.3) is 0 Å². The third kappa shape index (κ3) is 5.75. The van der Waals surface area contributed by atoms with Crippen LogP contribution in [0.5, 0.6) is 11.5 Å². The Bertz CT molecular complexity index is 1050. The molecular weight excluding hydrogens is 448 g/mol. The number of halogens is 1. The van der Waals surface area contributed by atoms with Gasteiger partial charge in [0.1, 0.15) is 18.1 Å². The Labute approximate surface area is 196 Å². The maximum atomic E-state index is 12.4. The summed E-state index contributed by atoms with van der Waals surface area (Å²) < 4.78 is 13.3. The maximum absolute atomic E-state index is 12.4. The monoisotopic (exact) mass is 472 g/mol. The third-order valence-electron chi connectivity index (χ3n) is 4.86. The first kappa shape index (κ1) is 22.5. The van der Waals surface area contributed by atoms with E-state index in [1.54, 1.807) is 0 Å². The van der Waals surface area contributed by atoms with Gasteiger partial charge in [-0.25, -0.2) is 0 Å². The van der Waals surface area contributed by atoms with Crippen molar-refractivity contribution < 1.29 is 14.3 Å². The highest BCUT2D eigenvalue weighted by Gasteiger charge is 2.27. The zero-order valence-corrected chi connectivity index (χ0v) is 19.5. The molecule has 0 saturated heterocycles. The van der Waals surface area contributed by atoms with Crippen LogP contribution >= 0.6 is 23.4 Å². The van der Waals surface area contributed by atoms with E-state index in [1.807, 2.05) is 66.9 Å². The summed E-state index contributed by atoms with van der Waals surface area (Å²) in [6.07, 6.45) is 2.11. The first-order valence-corrected chi connectivity index (χ1v) is 11.8. The van der Waals surface area contributed by atoms with E-state index in [-0.39, 0.29) is 17.8 Å². The minimum absolute atomic E-state index is 0.00958. The third-order valence-corrected chi connectivity index (χ3v) is 6.16. The average Bonchev–Trinajstić information content (AvgIpc) is 3.52. The first-order valence-electron chi connectivity index (χ1n) is 10.6. The van der Waals surface area contributed by atoms with Gasteiger partial charge in [-0.05, 0) is 75.2 Å². The lowest BCUT2D eigenvalue weighted by molar-refractivity contribution is -0.120. The summed E-state index contributed by atoms with van der Waals surface area (Å²) in [5.74, 6) is 2.13. The number of ether oxygens (including phenoxy) is 2. The molecule has 0 bridgehead atoms. The van der Waals surface area contributed by atoms with Gasteiger partial charge in [0.2, 0.25) is 5.91 Å². The van der Waals surface area contributed by atoms with Gasteiger partial charge in [-0.3, -0.25) is 9.36 Å². The minimum Gasteiger partial charge on any atom is -0.494 e. The zero-order valence-electron chi connectivity index (χ0n) is 18.0. The molecule has 1 aliphatic rings. The van der Waals surface area contributed by atoms with Crippen molar-refractivity contribution in [1.29, 1.82) is 0 Å². The van der Waals surface area contributed by atoms with E-state index in [0.717, 1.165) is 24.3 Å². The maximum Gasteiger partial charge on any atom is 0.233 e. The van der Waals surface area contributed by atoms with Crippen molar-refractivity contribution in [1.82, 2.24) is 20.1 Å². The smallest absolute Gasteiger partial charge is 0.233 e. The molecule has 1 N–H and O–H groups in total. The first-order chi connectivity index (χ1) is 15.5. The molecule has 32 heavy (non-hydrogen) atoms. The van der Waals surface area contributed by atoms with Gasteiger partial charge in [-0.2, -0.15) is 0 Å². The molecule has 7 nitrogen and oxygen atoms in total. The molecule has 0 aliphatic heterocycles. The molecule has 0 spiro atoms. The van der Waals surface area contributed by atoms with Gasteiger partial charge < -0.3 is 14.8 Å². The van der Waals surface area contributed by atoms with Gasteiger partial charge in [0.15, 0.2) is 11.0 Å². The Kier molecular flexibility index (Phi) is 7.22. The molecule has 1 aliphatic carbocycles. The minimum atomic E-state index is -0.300. The highest BCUT2D eigenvalue weighted by Crippen LogP contribution is 2.28. The molecule has 4 rings (SSSR count). The Morgan fingerprint density at radius 2 is 1.78 bits per heavy atom. The van der Waals surface area contributed by atoms with Crippen LogP contribution in [0.15, 0.2) is 53.7 Å². The van der Waals surface area contributed by atoms with Crippen molar-refractivity contribution >= 4 is 29.3 Å². The number of benzene rings is 2. The summed E-state index contributed by atoms with van der Waals surface area (Å²) in [7, 11) is 0. The van der Waals surface area contributed by atoms with Gasteiger partial charge >= 0.3 is 0 Å². The number of amides is 1. The van der Waals surface area contributed by atoms with Crippen molar-refractivity contribution in [2.75, 3.05) is 6.61 Å². The summed E-state index contributed by atoms with van der Waals surface area (Å²) in [4.78, 5) is 12.4. The van der Waals surface area contributed by atoms with Gasteiger partial charge in [-0.15, -0.1) is 10.2 Å². The van der Waals surface area contributed by atoms with Crippen LogP contribution in [0.4, 0.5) is 0 Å². The van der Waals surface area contributed by atoms with Crippen LogP contribution < -0.4 is 14.8 Å². The van der Waals surface area contributed by atoms with E-state index in [2.05, 4.69) is 15.5 Å². The van der Waals surface area contributed by atoms with Crippen molar-refractivity contribution in [3.05, 3.63) is 59.4 Å². The van der Waals surface area contributed by atoms with Gasteiger partial charge in [-0.1, -0.05) is 23.4 Å². The van der Waals surface area contributed by atoms with Crippen LogP contribution in [-0.4, -0.2) is 38.6 Å². The number of hydrogen-bond acceptors (Lipinski definition) is 6. The molecule has 1 atom stereocenters. The van der Waals surface area contributed by atoms with Crippen molar-refractivity contribution in [3.63, 3.8) is 0 Å². The number of nitrogens with one attached hydrogen (secondary N) is 1. The van der Waals surface area contributed by atoms with Crippen molar-refractivity contribution in [3.8, 4) is 17.2 Å². The van der Waals surface area contributed by atoms with E-state index in [9.17, 15) is 4.79 Å². The summed E-state index contributed by atoms with van der Waals surface area (Å²) in [6, 6.07) is 15.2. The highest BCUT2D eigenvalue weighted by atomic mass is 35.5. The van der Waals surface area contributed by atoms with Gasteiger partial charge in [0, 0.05) is 16.8 Å². The normalized spacial score (nSPS) is 14.1. The summed E-state index contributed by atoms with van der Waals surface area (Å²) in [5.41, 5.74) is 0.849. The Morgan fingerprint density at radius 3 is 2.41 bits per heavy atom. The second-order valence-corrected chi connectivity index (χ2v) is 9.19. The molecule has 1 heterocycles. The number of rotatable bonds is 10. The predicted octanol–water partition coefficient (Wildman–Crippen LogP) is 4.66. The lowest BCUT2D eigenvalue weighted by Crippen LogP contribution is -2.32. The van der Waals surface area contributed by atoms with Crippen LogP contribution in [0, 0.1) is 0 Å². The quantitative estimate of drug-likeness (QED) is 0.432. The van der Waals surface area contributed by atoms with E-state index in [4.69, 9.17) is 21.1 Å². The molecule has 3 aromatic rings. The highest BCUT2D eigenvalue weighted by molar-refractivity contribution is 8.00. The van der Waals surface area contributed by atoms with Crippen LogP contribution in [-0.2, 0) is 11.4 Å². The molecule has 9 heteroatoms. The molecule has 1 saturated carbocycles. The molecule has 1 fully saturated rings. The van der Waals surface area contributed by atoms with E-state index in [0.29, 0.717) is 34.4 Å². The Morgan fingerprint density at radius 1 is 1.12 bits per heavy atom. The van der Waals surface area contributed by atoms with Gasteiger partial charge in [0.05, 0.1) is 11.9 Å². The zero-order chi connectivity index (χ0) is 22.5. The number of thioether (sulfide) groups is 1. The molecule has 168 valence electrons. The SMILES string of the molecule is CCOc1ccc(OCc2nnc(SC(C)C(=O)NC3CC3)n2-c2ccc(Cl)cc2)cc1. The standard InChI is InChI=1S/C23H25ClN4O3S/c1-3-30-19-10-12-20(13-11-19)31-14-21-26-27-23(28(21)18-8-4-16(24)5-9-18)32-15(2)22(29)25-17-6-7-17/h4-5,8-13,15,17H,3,6-7,14H2,1-2H3,(H,25,29). The number of aromatic nitrogens is 3. The fraction of sp³-hybridized carbons (Fsp3) is 0.348. The number of carbonyl (C=O) groups is 1. The van der Waals surface area contributed by atoms with Crippen LogP contribution in [0.3, 0.4) is 0 Å². The Hall–Kier alpha value is -2.71. The van der Waals surface area contributed by atoms with Crippen LogP contribution in [0.2, 0.25) is 5.02 Å². The molecule has 1 unspecified atom stereocenters. The van der Waals surface area contributed by atoms with E-state index in [1.165, 1.54) is 11.8 Å². The number of carbonyl (C=O) groups excluding carboxylic acids is 1. The summed E-state index contributed by atoms with van der Waals surface area (Å²) in [6.45, 7) is 4.65.